The van der Waals surface area contributed by atoms with Crippen LogP contribution in [0.5, 0.6) is 0 Å². The molecule has 0 saturated heterocycles. The van der Waals surface area contributed by atoms with E-state index in [1.807, 2.05) is 36.7 Å². The molecule has 0 aliphatic carbocycles. The number of hydrogen-bond acceptors (Lipinski definition) is 3. The molecular weight excluding hydrogens is 270 g/mol. The molecule has 1 N–H and O–H groups in total. The Bertz CT molecular complexity index is 759. The van der Waals surface area contributed by atoms with Crippen LogP contribution in [0.15, 0.2) is 35.7 Å². The van der Waals surface area contributed by atoms with Gasteiger partial charge in [0.15, 0.2) is 5.69 Å². The fourth-order valence-electron chi connectivity index (χ4n) is 2.16. The van der Waals surface area contributed by atoms with Gasteiger partial charge in [0.25, 0.3) is 5.91 Å². The first-order valence-electron chi connectivity index (χ1n) is 6.38. The number of fused-ring (bicyclic) bond motifs is 1. The zero-order chi connectivity index (χ0) is 14.1. The second-order valence-electron chi connectivity index (χ2n) is 4.81. The summed E-state index contributed by atoms with van der Waals surface area (Å²) in [6, 6.07) is 9.74. The normalized spacial score (nSPS) is 10.9. The van der Waals surface area contributed by atoms with Crippen LogP contribution in [-0.2, 0) is 6.54 Å². The summed E-state index contributed by atoms with van der Waals surface area (Å²) in [6.07, 6.45) is 0. The fourth-order valence-corrected chi connectivity index (χ4v) is 3.12. The highest BCUT2D eigenvalue weighted by atomic mass is 32.1. The number of aromatic nitrogens is 2. The quantitative estimate of drug-likeness (QED) is 0.803. The number of rotatable bonds is 3. The van der Waals surface area contributed by atoms with E-state index in [2.05, 4.69) is 23.2 Å². The number of aryl methyl sites for hydroxylation is 1. The molecule has 4 nitrogen and oxygen atoms in total. The Morgan fingerprint density at radius 3 is 2.90 bits per heavy atom. The van der Waals surface area contributed by atoms with Crippen molar-refractivity contribution < 1.29 is 4.79 Å². The molecule has 5 heteroatoms. The van der Waals surface area contributed by atoms with Gasteiger partial charge in [0.1, 0.15) is 0 Å². The third-order valence-electron chi connectivity index (χ3n) is 3.37. The van der Waals surface area contributed by atoms with E-state index in [0.29, 0.717) is 12.2 Å². The molecule has 0 fully saturated rings. The number of para-hydroxylation sites is 1. The largest absolute Gasteiger partial charge is 0.335 e. The average Bonchev–Trinajstić information content (AvgIpc) is 3.05. The molecule has 2 aromatic heterocycles. The summed E-state index contributed by atoms with van der Waals surface area (Å²) in [7, 11) is 1.81. The van der Waals surface area contributed by atoms with Gasteiger partial charge < -0.3 is 4.90 Å². The number of benzene rings is 1. The zero-order valence-corrected chi connectivity index (χ0v) is 12.2. The predicted molar refractivity (Wildman–Crippen MR) is 80.9 cm³/mol. The minimum absolute atomic E-state index is 0.0600. The van der Waals surface area contributed by atoms with Crippen LogP contribution in [0.3, 0.4) is 0 Å². The SMILES string of the molecule is Cc1ccsc1CN(C)C(=O)c1n[nH]c2ccccc12. The summed E-state index contributed by atoms with van der Waals surface area (Å²) in [5.74, 6) is -0.0600. The van der Waals surface area contributed by atoms with Crippen molar-refractivity contribution in [1.82, 2.24) is 15.1 Å². The number of nitrogens with one attached hydrogen (secondary N) is 1. The first-order chi connectivity index (χ1) is 9.66. The predicted octanol–water partition coefficient (Wildman–Crippen LogP) is 3.21. The van der Waals surface area contributed by atoms with Gasteiger partial charge in [-0.15, -0.1) is 11.3 Å². The van der Waals surface area contributed by atoms with Gasteiger partial charge in [-0.2, -0.15) is 5.10 Å². The van der Waals surface area contributed by atoms with E-state index in [-0.39, 0.29) is 5.91 Å². The van der Waals surface area contributed by atoms with Crippen LogP contribution >= 0.6 is 11.3 Å². The lowest BCUT2D eigenvalue weighted by molar-refractivity contribution is 0.0782. The van der Waals surface area contributed by atoms with E-state index in [1.54, 1.807) is 16.2 Å². The molecule has 0 atom stereocenters. The molecular formula is C15H15N3OS. The monoisotopic (exact) mass is 285 g/mol. The summed E-state index contributed by atoms with van der Waals surface area (Å²) in [6.45, 7) is 2.68. The van der Waals surface area contributed by atoms with Gasteiger partial charge in [0.05, 0.1) is 12.1 Å². The van der Waals surface area contributed by atoms with Crippen LogP contribution in [0.4, 0.5) is 0 Å². The lowest BCUT2D eigenvalue weighted by atomic mass is 10.2. The summed E-state index contributed by atoms with van der Waals surface area (Å²) in [5, 5.41) is 9.97. The maximum absolute atomic E-state index is 12.5. The number of thiophene rings is 1. The molecule has 0 radical (unpaired) electrons. The Balaban J connectivity index is 1.87. The van der Waals surface area contributed by atoms with E-state index >= 15 is 0 Å². The second kappa shape index (κ2) is 5.09. The van der Waals surface area contributed by atoms with Gasteiger partial charge in [-0.3, -0.25) is 9.89 Å². The molecule has 2 heterocycles. The third-order valence-corrected chi connectivity index (χ3v) is 4.38. The van der Waals surface area contributed by atoms with E-state index in [1.165, 1.54) is 10.4 Å². The topological polar surface area (TPSA) is 49.0 Å². The minimum atomic E-state index is -0.0600. The molecule has 0 aliphatic rings. The van der Waals surface area contributed by atoms with Gasteiger partial charge in [-0.25, -0.2) is 0 Å². The number of amides is 1. The summed E-state index contributed by atoms with van der Waals surface area (Å²) >= 11 is 1.67. The molecule has 0 bridgehead atoms. The third kappa shape index (κ3) is 2.20. The van der Waals surface area contributed by atoms with Crippen molar-refractivity contribution in [3.05, 3.63) is 51.8 Å². The molecule has 1 aromatic carbocycles. The number of carbonyl (C=O) groups is 1. The smallest absolute Gasteiger partial charge is 0.275 e. The molecule has 3 aromatic rings. The van der Waals surface area contributed by atoms with Crippen LogP contribution in [0.1, 0.15) is 20.9 Å². The minimum Gasteiger partial charge on any atom is -0.335 e. The Labute approximate surface area is 121 Å². The van der Waals surface area contributed by atoms with Gasteiger partial charge >= 0.3 is 0 Å². The first kappa shape index (κ1) is 12.9. The van der Waals surface area contributed by atoms with Crippen molar-refractivity contribution in [3.8, 4) is 0 Å². The van der Waals surface area contributed by atoms with Crippen molar-refractivity contribution in [3.63, 3.8) is 0 Å². The maximum atomic E-state index is 12.5. The number of aromatic amines is 1. The lowest BCUT2D eigenvalue weighted by Gasteiger charge is -2.15. The van der Waals surface area contributed by atoms with Crippen LogP contribution < -0.4 is 0 Å². The zero-order valence-electron chi connectivity index (χ0n) is 11.4. The van der Waals surface area contributed by atoms with E-state index < -0.39 is 0 Å². The molecule has 0 saturated carbocycles. The Hall–Kier alpha value is -2.14. The molecule has 102 valence electrons. The van der Waals surface area contributed by atoms with Gasteiger partial charge in [0, 0.05) is 17.3 Å². The van der Waals surface area contributed by atoms with Crippen molar-refractivity contribution in [2.45, 2.75) is 13.5 Å². The number of carbonyl (C=O) groups excluding carboxylic acids is 1. The van der Waals surface area contributed by atoms with Crippen LogP contribution in [0.2, 0.25) is 0 Å². The maximum Gasteiger partial charge on any atom is 0.275 e. The van der Waals surface area contributed by atoms with Gasteiger partial charge in [0.2, 0.25) is 0 Å². The lowest BCUT2D eigenvalue weighted by Crippen LogP contribution is -2.26. The Morgan fingerprint density at radius 1 is 1.35 bits per heavy atom. The molecule has 3 rings (SSSR count). The molecule has 0 spiro atoms. The van der Waals surface area contributed by atoms with E-state index in [4.69, 9.17) is 0 Å². The molecule has 0 unspecified atom stereocenters. The van der Waals surface area contributed by atoms with Gasteiger partial charge in [-0.05, 0) is 30.0 Å². The van der Waals surface area contributed by atoms with Crippen LogP contribution in [-0.4, -0.2) is 28.1 Å². The highest BCUT2D eigenvalue weighted by molar-refractivity contribution is 7.10. The molecule has 1 amide bonds. The summed E-state index contributed by atoms with van der Waals surface area (Å²) in [4.78, 5) is 15.4. The second-order valence-corrected chi connectivity index (χ2v) is 5.81. The standard InChI is InChI=1S/C15H15N3OS/c1-10-7-8-20-13(10)9-18(2)15(19)14-11-5-3-4-6-12(11)16-17-14/h3-8H,9H2,1-2H3,(H,16,17). The number of nitrogens with zero attached hydrogens (tertiary/aromatic N) is 2. The number of hydrogen-bond donors (Lipinski definition) is 1. The average molecular weight is 285 g/mol. The van der Waals surface area contributed by atoms with E-state index in [9.17, 15) is 4.79 Å². The highest BCUT2D eigenvalue weighted by Gasteiger charge is 2.18. The van der Waals surface area contributed by atoms with Crippen molar-refractivity contribution >= 4 is 28.1 Å². The van der Waals surface area contributed by atoms with Crippen molar-refractivity contribution in [2.24, 2.45) is 0 Å². The van der Waals surface area contributed by atoms with E-state index in [0.717, 1.165) is 10.9 Å². The Morgan fingerprint density at radius 2 is 2.15 bits per heavy atom. The number of H-pyrrole nitrogens is 1. The fraction of sp³-hybridized carbons (Fsp3) is 0.200. The Kier molecular flexibility index (Phi) is 3.28. The van der Waals surface area contributed by atoms with Gasteiger partial charge in [-0.1, -0.05) is 18.2 Å². The molecule has 0 aliphatic heterocycles. The first-order valence-corrected chi connectivity index (χ1v) is 7.26. The van der Waals surface area contributed by atoms with Crippen molar-refractivity contribution in [1.29, 1.82) is 0 Å². The van der Waals surface area contributed by atoms with Crippen LogP contribution in [0.25, 0.3) is 10.9 Å². The molecule has 20 heavy (non-hydrogen) atoms. The van der Waals surface area contributed by atoms with Crippen LogP contribution in [0, 0.1) is 6.92 Å². The van der Waals surface area contributed by atoms with Crippen molar-refractivity contribution in [2.75, 3.05) is 7.05 Å². The summed E-state index contributed by atoms with van der Waals surface area (Å²) < 4.78 is 0. The summed E-state index contributed by atoms with van der Waals surface area (Å²) in [5.41, 5.74) is 2.59. The highest BCUT2D eigenvalue weighted by Crippen LogP contribution is 2.20.